The van der Waals surface area contributed by atoms with Crippen LogP contribution in [0.3, 0.4) is 0 Å². The second-order valence-electron chi connectivity index (χ2n) is 10.2. The maximum Gasteiger partial charge on any atom is 0.254 e. The van der Waals surface area contributed by atoms with Gasteiger partial charge in [0.25, 0.3) is 11.5 Å². The number of carbonyl (C=O) groups excluding carboxylic acids is 1. The summed E-state index contributed by atoms with van der Waals surface area (Å²) in [5, 5.41) is 3.23. The van der Waals surface area contributed by atoms with Crippen molar-refractivity contribution in [2.45, 2.75) is 44.2 Å². The standard InChI is InChI=1S/C27H34ClN3O5S/c1-15-8-23(37-3)20(27(33)30-15)10-29-26(32)19-9-21(28)25-24(16(19)2)36-22(14-35-25)18-4-6-31(7-5-18)11-17-12-34-13-17/h8-9,17-18,22H,4-7,10-14H2,1-3H3,(H,29,32)(H,30,33). The molecule has 8 nitrogen and oxygen atoms in total. The largest absolute Gasteiger partial charge is 0.484 e. The average Bonchev–Trinajstić information content (AvgIpc) is 2.87. The number of fused-ring (bicyclic) bond motifs is 1. The maximum atomic E-state index is 13.2. The highest BCUT2D eigenvalue weighted by Crippen LogP contribution is 2.44. The number of nitrogens with zero attached hydrogens (tertiary/aromatic N) is 1. The zero-order valence-electron chi connectivity index (χ0n) is 21.5. The average molecular weight is 548 g/mol. The van der Waals surface area contributed by atoms with Crippen LogP contribution in [0.4, 0.5) is 0 Å². The van der Waals surface area contributed by atoms with Crippen molar-refractivity contribution in [3.8, 4) is 11.5 Å². The molecule has 4 heterocycles. The number of pyridine rings is 1. The predicted octanol–water partition coefficient (Wildman–Crippen LogP) is 3.80. The van der Waals surface area contributed by atoms with Crippen molar-refractivity contribution in [3.63, 3.8) is 0 Å². The van der Waals surface area contributed by atoms with E-state index >= 15 is 0 Å². The summed E-state index contributed by atoms with van der Waals surface area (Å²) in [7, 11) is 0. The lowest BCUT2D eigenvalue weighted by molar-refractivity contribution is -0.0535. The van der Waals surface area contributed by atoms with Crippen LogP contribution in [-0.4, -0.2) is 67.6 Å². The van der Waals surface area contributed by atoms with Gasteiger partial charge in [-0.15, -0.1) is 11.8 Å². The number of thioether (sulfide) groups is 1. The number of amides is 1. The first kappa shape index (κ1) is 26.4. The lowest BCUT2D eigenvalue weighted by Crippen LogP contribution is -2.46. The molecule has 1 aromatic heterocycles. The number of hydrogen-bond acceptors (Lipinski definition) is 7. The molecule has 2 fully saturated rings. The number of ether oxygens (including phenoxy) is 3. The Morgan fingerprint density at radius 2 is 1.95 bits per heavy atom. The van der Waals surface area contributed by atoms with E-state index in [9.17, 15) is 9.59 Å². The van der Waals surface area contributed by atoms with E-state index in [4.69, 9.17) is 25.8 Å². The Morgan fingerprint density at radius 1 is 1.19 bits per heavy atom. The molecule has 10 heteroatoms. The number of aromatic amines is 1. The van der Waals surface area contributed by atoms with Crippen LogP contribution in [0.2, 0.25) is 5.02 Å². The quantitative estimate of drug-likeness (QED) is 0.509. The molecule has 0 spiro atoms. The van der Waals surface area contributed by atoms with E-state index in [1.165, 1.54) is 11.8 Å². The highest BCUT2D eigenvalue weighted by atomic mass is 35.5. The number of benzene rings is 1. The second-order valence-corrected chi connectivity index (χ2v) is 11.5. The van der Waals surface area contributed by atoms with Crippen LogP contribution in [0.5, 0.6) is 11.5 Å². The van der Waals surface area contributed by atoms with Gasteiger partial charge in [-0.25, -0.2) is 0 Å². The highest BCUT2D eigenvalue weighted by Gasteiger charge is 2.35. The fourth-order valence-electron chi connectivity index (χ4n) is 5.36. The summed E-state index contributed by atoms with van der Waals surface area (Å²) in [6, 6.07) is 3.53. The Labute approximate surface area is 226 Å². The van der Waals surface area contributed by atoms with Crippen LogP contribution >= 0.6 is 23.4 Å². The number of aryl methyl sites for hydroxylation is 1. The normalized spacial score (nSPS) is 20.5. The van der Waals surface area contributed by atoms with E-state index in [-0.39, 0.29) is 24.1 Å². The summed E-state index contributed by atoms with van der Waals surface area (Å²) in [6.07, 6.45) is 3.93. The van der Waals surface area contributed by atoms with Gasteiger partial charge >= 0.3 is 0 Å². The summed E-state index contributed by atoms with van der Waals surface area (Å²) >= 11 is 8.01. The molecular weight excluding hydrogens is 514 g/mol. The summed E-state index contributed by atoms with van der Waals surface area (Å²) in [5.74, 6) is 1.78. The van der Waals surface area contributed by atoms with Crippen molar-refractivity contribution in [1.82, 2.24) is 15.2 Å². The molecule has 0 saturated carbocycles. The zero-order chi connectivity index (χ0) is 26.1. The lowest BCUT2D eigenvalue weighted by Gasteiger charge is -2.40. The first-order valence-electron chi connectivity index (χ1n) is 12.8. The summed E-state index contributed by atoms with van der Waals surface area (Å²) in [6.45, 7) is 9.22. The van der Waals surface area contributed by atoms with E-state index in [1.54, 1.807) is 6.07 Å². The van der Waals surface area contributed by atoms with E-state index in [0.29, 0.717) is 51.7 Å². The Bertz CT molecular complexity index is 1220. The first-order chi connectivity index (χ1) is 17.8. The van der Waals surface area contributed by atoms with Gasteiger partial charge in [0.1, 0.15) is 12.7 Å². The molecule has 3 aliphatic heterocycles. The molecule has 1 unspecified atom stereocenters. The van der Waals surface area contributed by atoms with Crippen LogP contribution in [0, 0.1) is 25.7 Å². The number of H-pyrrole nitrogens is 1. The molecule has 1 amide bonds. The molecule has 1 aromatic carbocycles. The molecule has 37 heavy (non-hydrogen) atoms. The number of halogens is 1. The van der Waals surface area contributed by atoms with Gasteiger partial charge in [0.2, 0.25) is 0 Å². The molecule has 5 rings (SSSR count). The number of likely N-dealkylation sites (tertiary alicyclic amines) is 1. The number of piperidine rings is 1. The van der Waals surface area contributed by atoms with Crippen LogP contribution < -0.4 is 20.3 Å². The monoisotopic (exact) mass is 547 g/mol. The van der Waals surface area contributed by atoms with E-state index < -0.39 is 0 Å². The Hall–Kier alpha value is -2.20. The van der Waals surface area contributed by atoms with Gasteiger partial charge in [0.05, 0.1) is 18.2 Å². The highest BCUT2D eigenvalue weighted by molar-refractivity contribution is 7.98. The van der Waals surface area contributed by atoms with E-state index in [1.807, 2.05) is 26.2 Å². The van der Waals surface area contributed by atoms with Gasteiger partial charge in [-0.2, -0.15) is 0 Å². The predicted molar refractivity (Wildman–Crippen MR) is 144 cm³/mol. The summed E-state index contributed by atoms with van der Waals surface area (Å²) in [5.41, 5.74) is 2.22. The number of carbonyl (C=O) groups is 1. The lowest BCUT2D eigenvalue weighted by atomic mass is 9.90. The van der Waals surface area contributed by atoms with Crippen LogP contribution in [0.1, 0.15) is 40.0 Å². The number of rotatable bonds is 7. The first-order valence-corrected chi connectivity index (χ1v) is 14.4. The van der Waals surface area contributed by atoms with Crippen molar-refractivity contribution in [1.29, 1.82) is 0 Å². The van der Waals surface area contributed by atoms with Crippen LogP contribution in [0.25, 0.3) is 0 Å². The fourth-order valence-corrected chi connectivity index (χ4v) is 6.31. The maximum absolute atomic E-state index is 13.2. The van der Waals surface area contributed by atoms with Crippen molar-refractivity contribution in [3.05, 3.63) is 49.9 Å². The molecule has 3 aliphatic rings. The number of nitrogens with one attached hydrogen (secondary N) is 2. The molecule has 2 saturated heterocycles. The van der Waals surface area contributed by atoms with Gasteiger partial charge in [-0.3, -0.25) is 9.59 Å². The molecule has 2 aromatic rings. The third-order valence-electron chi connectivity index (χ3n) is 7.60. The molecule has 2 N–H and O–H groups in total. The summed E-state index contributed by atoms with van der Waals surface area (Å²) < 4.78 is 17.9. The molecule has 200 valence electrons. The smallest absolute Gasteiger partial charge is 0.254 e. The third kappa shape index (κ3) is 5.65. The minimum absolute atomic E-state index is 0.0787. The topological polar surface area (TPSA) is 92.9 Å². The van der Waals surface area contributed by atoms with Crippen molar-refractivity contribution < 1.29 is 19.0 Å². The van der Waals surface area contributed by atoms with Crippen molar-refractivity contribution in [2.75, 3.05) is 45.7 Å². The third-order valence-corrected chi connectivity index (χ3v) is 8.69. The Morgan fingerprint density at radius 3 is 2.62 bits per heavy atom. The van der Waals surface area contributed by atoms with Gasteiger partial charge in [0.15, 0.2) is 11.5 Å². The fraction of sp³-hybridized carbons (Fsp3) is 0.556. The summed E-state index contributed by atoms with van der Waals surface area (Å²) in [4.78, 5) is 31.8. The van der Waals surface area contributed by atoms with Gasteiger partial charge in [-0.1, -0.05) is 11.6 Å². The Balaban J connectivity index is 1.27. The van der Waals surface area contributed by atoms with Crippen molar-refractivity contribution >= 4 is 29.3 Å². The van der Waals surface area contributed by atoms with Gasteiger partial charge in [0, 0.05) is 52.2 Å². The van der Waals surface area contributed by atoms with Crippen LogP contribution in [-0.2, 0) is 11.3 Å². The molecule has 0 aliphatic carbocycles. The van der Waals surface area contributed by atoms with E-state index in [2.05, 4.69) is 15.2 Å². The molecule has 0 bridgehead atoms. The minimum atomic E-state index is -0.312. The van der Waals surface area contributed by atoms with Crippen molar-refractivity contribution in [2.24, 2.45) is 11.8 Å². The van der Waals surface area contributed by atoms with Gasteiger partial charge < -0.3 is 29.4 Å². The molecule has 1 atom stereocenters. The van der Waals surface area contributed by atoms with Gasteiger partial charge in [-0.05, 0) is 58.2 Å². The molecule has 0 radical (unpaired) electrons. The Kier molecular flexibility index (Phi) is 8.04. The molecular formula is C27H34ClN3O5S. The number of hydrogen-bond donors (Lipinski definition) is 2. The second kappa shape index (κ2) is 11.3. The zero-order valence-corrected chi connectivity index (χ0v) is 23.1. The van der Waals surface area contributed by atoms with E-state index in [0.717, 1.165) is 56.3 Å². The SMILES string of the molecule is CSc1cc(C)[nH]c(=O)c1CNC(=O)c1cc(Cl)c2c(c1C)OC(C1CCN(CC3COC3)CC1)CO2. The van der Waals surface area contributed by atoms with Crippen LogP contribution in [0.15, 0.2) is 21.8 Å². The minimum Gasteiger partial charge on any atom is -0.484 e. The number of aromatic nitrogens is 1.